The molecule has 4 rings (SSSR count). The zero-order chi connectivity index (χ0) is 24.3. The van der Waals surface area contributed by atoms with Gasteiger partial charge in [-0.3, -0.25) is 9.78 Å². The minimum absolute atomic E-state index is 0.0735. The van der Waals surface area contributed by atoms with Gasteiger partial charge in [0.05, 0.1) is 17.6 Å². The number of pyridine rings is 1. The van der Waals surface area contributed by atoms with Crippen LogP contribution in [0.25, 0.3) is 11.0 Å². The Labute approximate surface area is 206 Å². The number of unbranched alkanes of at least 4 members (excludes halogenated alkanes) is 1. The zero-order valence-corrected chi connectivity index (χ0v) is 20.0. The molecule has 0 bridgehead atoms. The van der Waals surface area contributed by atoms with Crippen LogP contribution in [0.1, 0.15) is 41.0 Å². The monoisotopic (exact) mass is 468 g/mol. The molecule has 6 heteroatoms. The summed E-state index contributed by atoms with van der Waals surface area (Å²) in [6, 6.07) is 19.8. The highest BCUT2D eigenvalue weighted by molar-refractivity contribution is 5.93. The molecule has 35 heavy (non-hydrogen) atoms. The van der Waals surface area contributed by atoms with Crippen LogP contribution in [0.2, 0.25) is 0 Å². The van der Waals surface area contributed by atoms with Crippen molar-refractivity contribution in [3.63, 3.8) is 0 Å². The van der Waals surface area contributed by atoms with Crippen molar-refractivity contribution in [3.8, 4) is 5.75 Å². The van der Waals surface area contributed by atoms with Crippen LogP contribution >= 0.6 is 0 Å². The Balaban J connectivity index is 1.29. The molecular weight excluding hydrogens is 436 g/mol. The Morgan fingerprint density at radius 1 is 1.00 bits per heavy atom. The van der Waals surface area contributed by atoms with E-state index in [2.05, 4.69) is 45.7 Å². The normalized spacial score (nSPS) is 10.9. The topological polar surface area (TPSA) is 69.0 Å². The van der Waals surface area contributed by atoms with E-state index in [-0.39, 0.29) is 5.91 Å². The van der Waals surface area contributed by atoms with Crippen molar-refractivity contribution >= 4 is 16.9 Å². The van der Waals surface area contributed by atoms with Crippen molar-refractivity contribution in [1.29, 1.82) is 0 Å². The van der Waals surface area contributed by atoms with E-state index in [1.54, 1.807) is 24.5 Å². The fraction of sp³-hybridized carbons (Fsp3) is 0.276. The van der Waals surface area contributed by atoms with Gasteiger partial charge in [-0.1, -0.05) is 36.4 Å². The summed E-state index contributed by atoms with van der Waals surface area (Å²) in [6.07, 6.45) is 9.54. The van der Waals surface area contributed by atoms with Crippen LogP contribution in [0, 0.1) is 0 Å². The SMILES string of the molecule is C=CCc1ccccc1OCCCCn1c(CCCNC(=O)c2ccncc2)nc2ccccc21. The summed E-state index contributed by atoms with van der Waals surface area (Å²) in [6.45, 7) is 5.99. The van der Waals surface area contributed by atoms with Crippen LogP contribution in [0.5, 0.6) is 5.75 Å². The lowest BCUT2D eigenvalue weighted by Gasteiger charge is -2.12. The van der Waals surface area contributed by atoms with Gasteiger partial charge in [0.1, 0.15) is 11.6 Å². The lowest BCUT2D eigenvalue weighted by Crippen LogP contribution is -2.25. The summed E-state index contributed by atoms with van der Waals surface area (Å²) in [7, 11) is 0. The number of carbonyl (C=O) groups excluding carboxylic acids is 1. The van der Waals surface area contributed by atoms with E-state index in [9.17, 15) is 4.79 Å². The van der Waals surface area contributed by atoms with Crippen molar-refractivity contribution in [3.05, 3.63) is 103 Å². The summed E-state index contributed by atoms with van der Waals surface area (Å²) < 4.78 is 8.36. The average molecular weight is 469 g/mol. The number of carbonyl (C=O) groups is 1. The number of hydrogen-bond donors (Lipinski definition) is 1. The van der Waals surface area contributed by atoms with Gasteiger partial charge in [-0.25, -0.2) is 4.98 Å². The number of fused-ring (bicyclic) bond motifs is 1. The molecule has 0 unspecified atom stereocenters. The maximum absolute atomic E-state index is 12.3. The minimum Gasteiger partial charge on any atom is -0.493 e. The van der Waals surface area contributed by atoms with E-state index in [1.165, 1.54) is 5.56 Å². The van der Waals surface area contributed by atoms with E-state index in [4.69, 9.17) is 9.72 Å². The van der Waals surface area contributed by atoms with Gasteiger partial charge in [0, 0.05) is 37.5 Å². The highest BCUT2D eigenvalue weighted by Crippen LogP contribution is 2.20. The highest BCUT2D eigenvalue weighted by Gasteiger charge is 2.11. The number of allylic oxidation sites excluding steroid dienone is 1. The van der Waals surface area contributed by atoms with Gasteiger partial charge in [-0.05, 0) is 61.6 Å². The number of aromatic nitrogens is 3. The Kier molecular flexibility index (Phi) is 8.65. The van der Waals surface area contributed by atoms with E-state index in [0.717, 1.165) is 61.3 Å². The van der Waals surface area contributed by atoms with Gasteiger partial charge < -0.3 is 14.6 Å². The maximum Gasteiger partial charge on any atom is 0.251 e. The average Bonchev–Trinajstić information content (AvgIpc) is 3.25. The second kappa shape index (κ2) is 12.5. The molecule has 1 amide bonds. The molecule has 0 fully saturated rings. The molecule has 2 aromatic heterocycles. The molecule has 1 N–H and O–H groups in total. The van der Waals surface area contributed by atoms with Gasteiger partial charge in [-0.15, -0.1) is 6.58 Å². The minimum atomic E-state index is -0.0735. The second-order valence-electron chi connectivity index (χ2n) is 8.42. The third kappa shape index (κ3) is 6.57. The fourth-order valence-corrected chi connectivity index (χ4v) is 4.14. The summed E-state index contributed by atoms with van der Waals surface area (Å²) in [5.41, 5.74) is 3.96. The summed E-state index contributed by atoms with van der Waals surface area (Å²) in [5.74, 6) is 1.92. The van der Waals surface area contributed by atoms with Gasteiger partial charge in [0.15, 0.2) is 0 Å². The van der Waals surface area contributed by atoms with Crippen LogP contribution < -0.4 is 10.1 Å². The van der Waals surface area contributed by atoms with Crippen molar-refractivity contribution in [1.82, 2.24) is 19.9 Å². The molecule has 2 heterocycles. The number of aryl methyl sites for hydroxylation is 2. The standard InChI is InChI=1S/C29H32N4O2/c1-2-10-23-11-3-6-14-27(23)35-22-8-7-21-33-26-13-5-4-12-25(26)32-28(33)15-9-18-31-29(34)24-16-19-30-20-17-24/h2-6,11-14,16-17,19-20H,1,7-10,15,18,21-22H2,(H,31,34). The van der Waals surface area contributed by atoms with Crippen molar-refractivity contribution in [2.75, 3.05) is 13.2 Å². The van der Waals surface area contributed by atoms with E-state index in [1.807, 2.05) is 30.3 Å². The zero-order valence-electron chi connectivity index (χ0n) is 20.0. The van der Waals surface area contributed by atoms with Crippen molar-refractivity contribution < 1.29 is 9.53 Å². The molecule has 0 spiro atoms. The molecule has 0 aliphatic heterocycles. The van der Waals surface area contributed by atoms with Gasteiger partial charge >= 0.3 is 0 Å². The summed E-state index contributed by atoms with van der Waals surface area (Å²) >= 11 is 0. The summed E-state index contributed by atoms with van der Waals surface area (Å²) in [4.78, 5) is 21.1. The first-order valence-electron chi connectivity index (χ1n) is 12.2. The first-order valence-corrected chi connectivity index (χ1v) is 12.2. The number of nitrogens with one attached hydrogen (secondary N) is 1. The largest absolute Gasteiger partial charge is 0.493 e. The van der Waals surface area contributed by atoms with Gasteiger partial charge in [0.2, 0.25) is 0 Å². The van der Waals surface area contributed by atoms with Crippen LogP contribution in [0.15, 0.2) is 85.7 Å². The Hall–Kier alpha value is -3.93. The molecule has 0 aliphatic carbocycles. The smallest absolute Gasteiger partial charge is 0.251 e. The third-order valence-corrected chi connectivity index (χ3v) is 5.91. The number of imidazole rings is 1. The van der Waals surface area contributed by atoms with Crippen LogP contribution in [0.4, 0.5) is 0 Å². The molecule has 0 atom stereocenters. The molecule has 6 nitrogen and oxygen atoms in total. The number of rotatable bonds is 13. The van der Waals surface area contributed by atoms with Crippen LogP contribution in [-0.4, -0.2) is 33.6 Å². The molecule has 0 aliphatic rings. The predicted molar refractivity (Wildman–Crippen MR) is 140 cm³/mol. The number of ether oxygens (including phenoxy) is 1. The number of nitrogens with zero attached hydrogens (tertiary/aromatic N) is 3. The molecule has 0 radical (unpaired) electrons. The predicted octanol–water partition coefficient (Wildman–Crippen LogP) is 5.38. The summed E-state index contributed by atoms with van der Waals surface area (Å²) in [5, 5.41) is 2.98. The van der Waals surface area contributed by atoms with Gasteiger partial charge in [-0.2, -0.15) is 0 Å². The quantitative estimate of drug-likeness (QED) is 0.211. The number of para-hydroxylation sites is 3. The van der Waals surface area contributed by atoms with Crippen molar-refractivity contribution in [2.24, 2.45) is 0 Å². The molecule has 180 valence electrons. The Bertz CT molecular complexity index is 1250. The third-order valence-electron chi connectivity index (χ3n) is 5.91. The van der Waals surface area contributed by atoms with Crippen molar-refractivity contribution in [2.45, 2.75) is 38.6 Å². The molecule has 0 saturated heterocycles. The lowest BCUT2D eigenvalue weighted by molar-refractivity contribution is 0.0953. The van der Waals surface area contributed by atoms with Gasteiger partial charge in [0.25, 0.3) is 5.91 Å². The molecule has 0 saturated carbocycles. The second-order valence-corrected chi connectivity index (χ2v) is 8.42. The van der Waals surface area contributed by atoms with Crippen LogP contribution in [0.3, 0.4) is 0 Å². The molecule has 4 aromatic rings. The fourth-order valence-electron chi connectivity index (χ4n) is 4.14. The number of benzene rings is 2. The molecular formula is C29H32N4O2. The van der Waals surface area contributed by atoms with E-state index >= 15 is 0 Å². The Morgan fingerprint density at radius 3 is 2.66 bits per heavy atom. The first kappa shape index (κ1) is 24.2. The molecule has 2 aromatic carbocycles. The maximum atomic E-state index is 12.3. The highest BCUT2D eigenvalue weighted by atomic mass is 16.5. The lowest BCUT2D eigenvalue weighted by atomic mass is 10.1. The number of hydrogen-bond acceptors (Lipinski definition) is 4. The van der Waals surface area contributed by atoms with E-state index < -0.39 is 0 Å². The number of amides is 1. The van der Waals surface area contributed by atoms with Crippen LogP contribution in [-0.2, 0) is 19.4 Å². The van der Waals surface area contributed by atoms with E-state index in [0.29, 0.717) is 18.7 Å². The first-order chi connectivity index (χ1) is 17.3. The Morgan fingerprint density at radius 2 is 1.80 bits per heavy atom.